The van der Waals surface area contributed by atoms with Gasteiger partial charge in [0, 0.05) is 13.1 Å². The van der Waals surface area contributed by atoms with Gasteiger partial charge in [0.15, 0.2) is 5.84 Å². The molecular formula is C8H10N4O2. The molecule has 0 fully saturated rings. The van der Waals surface area contributed by atoms with Crippen LogP contribution in [0.15, 0.2) is 23.5 Å². The summed E-state index contributed by atoms with van der Waals surface area (Å²) in [5.74, 6) is -0.290. The molecule has 14 heavy (non-hydrogen) atoms. The van der Waals surface area contributed by atoms with Gasteiger partial charge in [0.05, 0.1) is 5.56 Å². The summed E-state index contributed by atoms with van der Waals surface area (Å²) in [5, 5.41) is 3.38. The van der Waals surface area contributed by atoms with Crippen molar-refractivity contribution in [2.24, 2.45) is 10.9 Å². The zero-order valence-corrected chi connectivity index (χ0v) is 7.60. The summed E-state index contributed by atoms with van der Waals surface area (Å²) >= 11 is 0. The second-order valence-corrected chi connectivity index (χ2v) is 2.50. The van der Waals surface area contributed by atoms with Crippen molar-refractivity contribution in [1.29, 1.82) is 0 Å². The molecule has 1 rings (SSSR count). The molecule has 0 saturated heterocycles. The Morgan fingerprint density at radius 3 is 2.93 bits per heavy atom. The third kappa shape index (κ3) is 2.44. The molecule has 0 spiro atoms. The lowest BCUT2D eigenvalue weighted by Gasteiger charge is -2.01. The number of anilines is 1. The number of rotatable bonds is 2. The predicted molar refractivity (Wildman–Crippen MR) is 51.1 cm³/mol. The molecule has 0 aliphatic carbocycles. The molecule has 0 amide bonds. The minimum absolute atomic E-state index is 0.0193. The number of nitrogens with zero attached hydrogens (tertiary/aromatic N) is 2. The van der Waals surface area contributed by atoms with Crippen LogP contribution in [0.25, 0.3) is 0 Å². The van der Waals surface area contributed by atoms with Crippen LogP contribution in [0.3, 0.4) is 0 Å². The van der Waals surface area contributed by atoms with Gasteiger partial charge in [-0.3, -0.25) is 0 Å². The normalized spacial score (nSPS) is 11.1. The van der Waals surface area contributed by atoms with Crippen LogP contribution in [0, 0.1) is 0 Å². The fraction of sp³-hybridized carbons (Fsp3) is 0.125. The van der Waals surface area contributed by atoms with Crippen molar-refractivity contribution < 1.29 is 9.63 Å². The van der Waals surface area contributed by atoms with E-state index >= 15 is 0 Å². The predicted octanol–water partition coefficient (Wildman–Crippen LogP) is -0.153. The highest BCUT2D eigenvalue weighted by Gasteiger charge is 2.04. The van der Waals surface area contributed by atoms with Gasteiger partial charge < -0.3 is 16.3 Å². The van der Waals surface area contributed by atoms with Crippen LogP contribution in [0.2, 0.25) is 0 Å². The van der Waals surface area contributed by atoms with Crippen LogP contribution in [-0.2, 0) is 9.63 Å². The van der Waals surface area contributed by atoms with E-state index in [2.05, 4.69) is 15.0 Å². The molecule has 1 aromatic heterocycles. The number of oxime groups is 1. The summed E-state index contributed by atoms with van der Waals surface area (Å²) in [6.45, 7) is 1.23. The Kier molecular flexibility index (Phi) is 3.01. The van der Waals surface area contributed by atoms with E-state index in [0.29, 0.717) is 5.56 Å². The van der Waals surface area contributed by atoms with Gasteiger partial charge in [-0.25, -0.2) is 9.78 Å². The van der Waals surface area contributed by atoms with Crippen molar-refractivity contribution in [1.82, 2.24) is 4.98 Å². The number of nitrogen functional groups attached to an aromatic ring is 1. The summed E-state index contributed by atoms with van der Waals surface area (Å²) in [7, 11) is 0. The number of hydrogen-bond donors (Lipinski definition) is 2. The van der Waals surface area contributed by atoms with Gasteiger partial charge in [-0.05, 0) is 12.1 Å². The van der Waals surface area contributed by atoms with Gasteiger partial charge in [-0.1, -0.05) is 5.16 Å². The number of carbonyl (C=O) groups excluding carboxylic acids is 1. The standard InChI is InChI=1S/C8H10N4O2/c1-5(13)14-12-8(10)6-3-2-4-11-7(6)9/h2-4H,1H3,(H2,9,11)(H2,10,12). The Morgan fingerprint density at radius 2 is 2.36 bits per heavy atom. The summed E-state index contributed by atoms with van der Waals surface area (Å²) in [6.07, 6.45) is 1.53. The first-order valence-corrected chi connectivity index (χ1v) is 3.83. The van der Waals surface area contributed by atoms with Crippen molar-refractivity contribution in [3.8, 4) is 0 Å². The first kappa shape index (κ1) is 9.97. The molecule has 1 aromatic rings. The zero-order chi connectivity index (χ0) is 10.6. The monoisotopic (exact) mass is 194 g/mol. The largest absolute Gasteiger partial charge is 0.383 e. The lowest BCUT2D eigenvalue weighted by atomic mass is 10.2. The van der Waals surface area contributed by atoms with Crippen LogP contribution < -0.4 is 11.5 Å². The fourth-order valence-electron chi connectivity index (χ4n) is 0.797. The molecule has 1 heterocycles. The van der Waals surface area contributed by atoms with Gasteiger partial charge in [-0.15, -0.1) is 0 Å². The summed E-state index contributed by atoms with van der Waals surface area (Å²) in [4.78, 5) is 18.6. The molecule has 0 aromatic carbocycles. The van der Waals surface area contributed by atoms with Gasteiger partial charge in [-0.2, -0.15) is 0 Å². The maximum absolute atomic E-state index is 10.4. The van der Waals surface area contributed by atoms with Gasteiger partial charge >= 0.3 is 5.97 Å². The average Bonchev–Trinajstić information content (AvgIpc) is 2.15. The first-order chi connectivity index (χ1) is 6.61. The molecule has 6 heteroatoms. The third-order valence-corrected chi connectivity index (χ3v) is 1.39. The lowest BCUT2D eigenvalue weighted by molar-refractivity contribution is -0.140. The van der Waals surface area contributed by atoms with Crippen LogP contribution in [0.1, 0.15) is 12.5 Å². The number of carbonyl (C=O) groups is 1. The third-order valence-electron chi connectivity index (χ3n) is 1.39. The molecule has 74 valence electrons. The Labute approximate surface area is 80.6 Å². The highest BCUT2D eigenvalue weighted by atomic mass is 16.7. The average molecular weight is 194 g/mol. The van der Waals surface area contributed by atoms with Crippen molar-refractivity contribution in [2.75, 3.05) is 5.73 Å². The molecule has 6 nitrogen and oxygen atoms in total. The molecule has 0 atom stereocenters. The smallest absolute Gasteiger partial charge is 0.332 e. The number of pyridine rings is 1. The van der Waals surface area contributed by atoms with Crippen LogP contribution >= 0.6 is 0 Å². The van der Waals surface area contributed by atoms with E-state index in [1.165, 1.54) is 13.1 Å². The van der Waals surface area contributed by atoms with E-state index in [1.54, 1.807) is 12.1 Å². The molecule has 0 saturated carbocycles. The maximum atomic E-state index is 10.4. The Bertz CT molecular complexity index is 375. The summed E-state index contributed by atoms with van der Waals surface area (Å²) in [6, 6.07) is 3.28. The number of hydrogen-bond acceptors (Lipinski definition) is 5. The molecule has 0 unspecified atom stereocenters. The molecule has 0 aliphatic heterocycles. The Balaban J connectivity index is 2.89. The molecule has 4 N–H and O–H groups in total. The van der Waals surface area contributed by atoms with Crippen molar-refractivity contribution in [3.05, 3.63) is 23.9 Å². The van der Waals surface area contributed by atoms with Crippen molar-refractivity contribution >= 4 is 17.6 Å². The van der Waals surface area contributed by atoms with Crippen LogP contribution in [0.5, 0.6) is 0 Å². The van der Waals surface area contributed by atoms with Gasteiger partial charge in [0.1, 0.15) is 5.82 Å². The highest BCUT2D eigenvalue weighted by Crippen LogP contribution is 2.05. The van der Waals surface area contributed by atoms with E-state index in [0.717, 1.165) is 0 Å². The van der Waals surface area contributed by atoms with Gasteiger partial charge in [0.25, 0.3) is 0 Å². The Hall–Kier alpha value is -2.11. The van der Waals surface area contributed by atoms with E-state index in [-0.39, 0.29) is 11.7 Å². The highest BCUT2D eigenvalue weighted by molar-refractivity contribution is 6.01. The fourth-order valence-corrected chi connectivity index (χ4v) is 0.797. The van der Waals surface area contributed by atoms with Crippen LogP contribution in [0.4, 0.5) is 5.82 Å². The zero-order valence-electron chi connectivity index (χ0n) is 7.60. The molecular weight excluding hydrogens is 184 g/mol. The minimum atomic E-state index is -0.546. The summed E-state index contributed by atoms with van der Waals surface area (Å²) < 4.78 is 0. The summed E-state index contributed by atoms with van der Waals surface area (Å²) in [5.41, 5.74) is 11.5. The lowest BCUT2D eigenvalue weighted by Crippen LogP contribution is -2.17. The van der Waals surface area contributed by atoms with E-state index in [1.807, 2.05) is 0 Å². The van der Waals surface area contributed by atoms with Gasteiger partial charge in [0.2, 0.25) is 0 Å². The Morgan fingerprint density at radius 1 is 1.64 bits per heavy atom. The minimum Gasteiger partial charge on any atom is -0.383 e. The number of nitrogens with two attached hydrogens (primary N) is 2. The molecule has 0 radical (unpaired) electrons. The number of amidine groups is 1. The molecule has 0 aliphatic rings. The van der Waals surface area contributed by atoms with E-state index in [4.69, 9.17) is 11.5 Å². The number of aromatic nitrogens is 1. The van der Waals surface area contributed by atoms with Crippen molar-refractivity contribution in [3.63, 3.8) is 0 Å². The second-order valence-electron chi connectivity index (χ2n) is 2.50. The SMILES string of the molecule is CC(=O)O/N=C(/N)c1cccnc1N. The van der Waals surface area contributed by atoms with E-state index in [9.17, 15) is 4.79 Å². The first-order valence-electron chi connectivity index (χ1n) is 3.83. The quantitative estimate of drug-likeness (QED) is 0.295. The van der Waals surface area contributed by atoms with Crippen LogP contribution in [-0.4, -0.2) is 16.8 Å². The molecule has 0 bridgehead atoms. The second kappa shape index (κ2) is 4.22. The van der Waals surface area contributed by atoms with E-state index < -0.39 is 5.97 Å². The van der Waals surface area contributed by atoms with Crippen molar-refractivity contribution in [2.45, 2.75) is 6.92 Å². The maximum Gasteiger partial charge on any atom is 0.332 e. The topological polar surface area (TPSA) is 104 Å².